The summed E-state index contributed by atoms with van der Waals surface area (Å²) in [5, 5.41) is 3.33. The van der Waals surface area contributed by atoms with Crippen LogP contribution in [0.1, 0.15) is 50.3 Å². The molecule has 3 rings (SSSR count). The van der Waals surface area contributed by atoms with Gasteiger partial charge < -0.3 is 11.1 Å². The summed E-state index contributed by atoms with van der Waals surface area (Å²) in [5.74, 6) is 0.454. The van der Waals surface area contributed by atoms with E-state index in [1.54, 1.807) is 6.20 Å². The predicted octanol–water partition coefficient (Wildman–Crippen LogP) is 4.96. The molecular weight excluding hydrogens is 268 g/mol. The van der Waals surface area contributed by atoms with Gasteiger partial charge in [0.2, 0.25) is 0 Å². The van der Waals surface area contributed by atoms with Crippen molar-refractivity contribution in [2.45, 2.75) is 39.0 Å². The fourth-order valence-corrected chi connectivity index (χ4v) is 3.50. The minimum Gasteiger partial charge on any atom is -0.403 e. The molecule has 2 aromatic carbocycles. The first-order valence-electron chi connectivity index (χ1n) is 7.88. The lowest BCUT2D eigenvalue weighted by Crippen LogP contribution is -2.15. The van der Waals surface area contributed by atoms with Crippen molar-refractivity contribution >= 4 is 5.69 Å². The van der Waals surface area contributed by atoms with Crippen molar-refractivity contribution in [3.63, 3.8) is 0 Å². The highest BCUT2D eigenvalue weighted by Crippen LogP contribution is 2.50. The van der Waals surface area contributed by atoms with Gasteiger partial charge in [-0.15, -0.1) is 0 Å². The quantitative estimate of drug-likeness (QED) is 0.839. The molecule has 3 N–H and O–H groups in total. The molecule has 0 atom stereocenters. The molecule has 0 saturated carbocycles. The summed E-state index contributed by atoms with van der Waals surface area (Å²) in [6, 6.07) is 13.4. The summed E-state index contributed by atoms with van der Waals surface area (Å²) in [6.45, 7) is 9.06. The Balaban J connectivity index is 2.25. The fourth-order valence-electron chi connectivity index (χ4n) is 3.50. The summed E-state index contributed by atoms with van der Waals surface area (Å²) in [5.41, 5.74) is 13.5. The van der Waals surface area contributed by atoms with Crippen LogP contribution in [0.4, 0.5) is 5.69 Å². The number of hydrogen-bond acceptors (Lipinski definition) is 2. The van der Waals surface area contributed by atoms with Crippen LogP contribution < -0.4 is 11.1 Å². The second-order valence-electron chi connectivity index (χ2n) is 6.81. The molecule has 0 aliphatic heterocycles. The maximum Gasteiger partial charge on any atom is 0.0418 e. The largest absolute Gasteiger partial charge is 0.403 e. The predicted molar refractivity (Wildman–Crippen MR) is 95.0 cm³/mol. The molecule has 0 unspecified atom stereocenters. The zero-order valence-corrected chi connectivity index (χ0v) is 13.8. The van der Waals surface area contributed by atoms with Gasteiger partial charge in [-0.3, -0.25) is 0 Å². The summed E-state index contributed by atoms with van der Waals surface area (Å²) >= 11 is 0. The zero-order valence-electron chi connectivity index (χ0n) is 13.8. The molecule has 2 heteroatoms. The SMILES string of the molecule is CC(C)c1cc2c(cc1N/C=C\N)C(C)(C)c1ccccc1-2. The van der Waals surface area contributed by atoms with Crippen LogP contribution in [0.15, 0.2) is 48.8 Å². The van der Waals surface area contributed by atoms with E-state index in [-0.39, 0.29) is 5.41 Å². The lowest BCUT2D eigenvalue weighted by molar-refractivity contribution is 0.660. The van der Waals surface area contributed by atoms with Crippen LogP contribution >= 0.6 is 0 Å². The van der Waals surface area contributed by atoms with Gasteiger partial charge in [-0.05, 0) is 45.9 Å². The van der Waals surface area contributed by atoms with E-state index in [0.717, 1.165) is 5.69 Å². The molecule has 0 saturated heterocycles. The van der Waals surface area contributed by atoms with Gasteiger partial charge in [-0.25, -0.2) is 0 Å². The van der Waals surface area contributed by atoms with E-state index in [2.05, 4.69) is 69.4 Å². The van der Waals surface area contributed by atoms with Gasteiger partial charge in [0.15, 0.2) is 0 Å². The topological polar surface area (TPSA) is 38.0 Å². The average Bonchev–Trinajstić information content (AvgIpc) is 2.73. The highest BCUT2D eigenvalue weighted by atomic mass is 14.9. The Kier molecular flexibility index (Phi) is 3.48. The monoisotopic (exact) mass is 292 g/mol. The van der Waals surface area contributed by atoms with Gasteiger partial charge in [0.05, 0.1) is 0 Å². The van der Waals surface area contributed by atoms with Crippen LogP contribution in [-0.2, 0) is 5.41 Å². The molecule has 114 valence electrons. The van der Waals surface area contributed by atoms with E-state index in [0.29, 0.717) is 5.92 Å². The Morgan fingerprint density at radius 3 is 2.45 bits per heavy atom. The van der Waals surface area contributed by atoms with E-state index >= 15 is 0 Å². The average molecular weight is 292 g/mol. The number of nitrogens with one attached hydrogen (secondary N) is 1. The third-order valence-electron chi connectivity index (χ3n) is 4.71. The van der Waals surface area contributed by atoms with Crippen molar-refractivity contribution in [1.82, 2.24) is 0 Å². The van der Waals surface area contributed by atoms with Crippen LogP contribution in [0, 0.1) is 0 Å². The van der Waals surface area contributed by atoms with E-state index in [9.17, 15) is 0 Å². The van der Waals surface area contributed by atoms with Gasteiger partial charge >= 0.3 is 0 Å². The fraction of sp³-hybridized carbons (Fsp3) is 0.300. The van der Waals surface area contributed by atoms with Crippen LogP contribution in [0.2, 0.25) is 0 Å². The Morgan fingerprint density at radius 1 is 1.05 bits per heavy atom. The molecule has 0 fully saturated rings. The standard InChI is InChI=1S/C20H24N2/c1-13(2)15-11-16-14-7-5-6-8-17(14)20(3,4)18(16)12-19(15)22-10-9-21/h5-13,22H,21H2,1-4H3/b10-9-. The molecule has 0 aromatic heterocycles. The zero-order chi connectivity index (χ0) is 15.9. The lowest BCUT2D eigenvalue weighted by Gasteiger charge is -2.23. The molecule has 22 heavy (non-hydrogen) atoms. The number of benzene rings is 2. The summed E-state index contributed by atoms with van der Waals surface area (Å²) < 4.78 is 0. The Bertz CT molecular complexity index is 739. The summed E-state index contributed by atoms with van der Waals surface area (Å²) in [7, 11) is 0. The Morgan fingerprint density at radius 2 is 1.77 bits per heavy atom. The minimum absolute atomic E-state index is 0.0320. The highest BCUT2D eigenvalue weighted by Gasteiger charge is 2.35. The first-order valence-corrected chi connectivity index (χ1v) is 7.88. The molecule has 0 radical (unpaired) electrons. The van der Waals surface area contributed by atoms with Crippen molar-refractivity contribution in [2.75, 3.05) is 5.32 Å². The van der Waals surface area contributed by atoms with E-state index < -0.39 is 0 Å². The maximum atomic E-state index is 5.49. The highest BCUT2D eigenvalue weighted by molar-refractivity contribution is 5.83. The third-order valence-corrected chi connectivity index (χ3v) is 4.71. The first-order chi connectivity index (χ1) is 10.5. The van der Waals surface area contributed by atoms with Crippen LogP contribution in [-0.4, -0.2) is 0 Å². The molecule has 0 bridgehead atoms. The number of hydrogen-bond donors (Lipinski definition) is 2. The second kappa shape index (κ2) is 5.20. The molecule has 0 spiro atoms. The van der Waals surface area contributed by atoms with E-state index in [1.165, 1.54) is 34.0 Å². The van der Waals surface area contributed by atoms with Crippen LogP contribution in [0.25, 0.3) is 11.1 Å². The van der Waals surface area contributed by atoms with Gasteiger partial charge in [0, 0.05) is 23.5 Å². The molecule has 1 aliphatic carbocycles. The minimum atomic E-state index is 0.0320. The van der Waals surface area contributed by atoms with Crippen molar-refractivity contribution in [3.05, 3.63) is 65.5 Å². The van der Waals surface area contributed by atoms with Crippen molar-refractivity contribution in [1.29, 1.82) is 0 Å². The van der Waals surface area contributed by atoms with Crippen LogP contribution in [0.3, 0.4) is 0 Å². The molecule has 0 heterocycles. The van der Waals surface area contributed by atoms with Crippen molar-refractivity contribution in [3.8, 4) is 11.1 Å². The van der Waals surface area contributed by atoms with Crippen LogP contribution in [0.5, 0.6) is 0 Å². The summed E-state index contributed by atoms with van der Waals surface area (Å²) in [4.78, 5) is 0. The molecule has 0 amide bonds. The van der Waals surface area contributed by atoms with Gasteiger partial charge in [0.25, 0.3) is 0 Å². The van der Waals surface area contributed by atoms with E-state index in [1.807, 2.05) is 0 Å². The molecule has 2 aromatic rings. The first kappa shape index (κ1) is 14.7. The molecule has 2 nitrogen and oxygen atoms in total. The van der Waals surface area contributed by atoms with Gasteiger partial charge in [-0.2, -0.15) is 0 Å². The maximum absolute atomic E-state index is 5.49. The molecule has 1 aliphatic rings. The Labute approximate surface area is 133 Å². The smallest absolute Gasteiger partial charge is 0.0418 e. The van der Waals surface area contributed by atoms with Gasteiger partial charge in [0.1, 0.15) is 0 Å². The summed E-state index contributed by atoms with van der Waals surface area (Å²) in [6.07, 6.45) is 3.33. The second-order valence-corrected chi connectivity index (χ2v) is 6.81. The van der Waals surface area contributed by atoms with Crippen molar-refractivity contribution in [2.24, 2.45) is 5.73 Å². The number of rotatable bonds is 3. The number of anilines is 1. The third kappa shape index (κ3) is 2.10. The number of nitrogens with two attached hydrogens (primary N) is 1. The molecular formula is C20H24N2. The van der Waals surface area contributed by atoms with E-state index in [4.69, 9.17) is 5.73 Å². The van der Waals surface area contributed by atoms with Gasteiger partial charge in [-0.1, -0.05) is 52.0 Å². The van der Waals surface area contributed by atoms with Crippen molar-refractivity contribution < 1.29 is 0 Å². The Hall–Kier alpha value is -2.22. The lowest BCUT2D eigenvalue weighted by atomic mass is 9.81. The normalized spacial score (nSPS) is 15.1. The number of fused-ring (bicyclic) bond motifs is 3.